The van der Waals surface area contributed by atoms with Crippen molar-refractivity contribution in [1.29, 1.82) is 0 Å². The lowest BCUT2D eigenvalue weighted by Crippen LogP contribution is -2.19. The minimum absolute atomic E-state index is 0.239. The first kappa shape index (κ1) is 21.3. The molecule has 0 aliphatic carbocycles. The van der Waals surface area contributed by atoms with Crippen LogP contribution in [-0.2, 0) is 6.54 Å². The number of aromatic nitrogens is 2. The number of halogens is 2. The lowest BCUT2D eigenvalue weighted by molar-refractivity contribution is 0.0966. The molecule has 3 aromatic carbocycles. The molecule has 3 amide bonds. The standard InChI is InChI=1S/C25H19F2N5O2/c1-13-11-28-23(30-13)19-9-8-17(20-12-29-24(33)22(19)20)18-7-6-16(10-21(18)27)32-25(34)31-15-4-2-14(26)3-5-15/h2-11H,12H2,1H3,(H,28,30)(H,29,33)(H2,31,32,34). The van der Waals surface area contributed by atoms with Crippen LogP contribution in [0, 0.1) is 18.6 Å². The van der Waals surface area contributed by atoms with E-state index in [4.69, 9.17) is 0 Å². The van der Waals surface area contributed by atoms with Gasteiger partial charge in [0.1, 0.15) is 17.5 Å². The molecule has 1 aromatic heterocycles. The SMILES string of the molecule is Cc1cnc(-c2ccc(-c3ccc(NC(=O)Nc4ccc(F)cc4)cc3F)c3c2C(=O)NC3)[nH]1. The first-order valence-corrected chi connectivity index (χ1v) is 10.5. The minimum atomic E-state index is -0.590. The van der Waals surface area contributed by atoms with E-state index in [-0.39, 0.29) is 18.1 Å². The van der Waals surface area contributed by atoms with Crippen LogP contribution in [0.3, 0.4) is 0 Å². The molecular weight excluding hydrogens is 440 g/mol. The molecule has 0 bridgehead atoms. The number of aryl methyl sites for hydroxylation is 1. The van der Waals surface area contributed by atoms with Crippen LogP contribution >= 0.6 is 0 Å². The average molecular weight is 459 g/mol. The fourth-order valence-electron chi connectivity index (χ4n) is 3.99. The number of fused-ring (bicyclic) bond motifs is 1. The molecule has 1 aliphatic rings. The predicted molar refractivity (Wildman–Crippen MR) is 124 cm³/mol. The van der Waals surface area contributed by atoms with Gasteiger partial charge < -0.3 is 20.9 Å². The normalized spacial score (nSPS) is 12.3. The Kier molecular flexibility index (Phi) is 5.29. The van der Waals surface area contributed by atoms with Crippen molar-refractivity contribution in [2.75, 3.05) is 10.6 Å². The Morgan fingerprint density at radius 1 is 0.941 bits per heavy atom. The summed E-state index contributed by atoms with van der Waals surface area (Å²) in [5.74, 6) is -0.636. The molecule has 0 saturated heterocycles. The van der Waals surface area contributed by atoms with Crippen LogP contribution in [0.15, 0.2) is 60.8 Å². The smallest absolute Gasteiger partial charge is 0.323 e. The van der Waals surface area contributed by atoms with E-state index in [0.29, 0.717) is 39.3 Å². The zero-order valence-corrected chi connectivity index (χ0v) is 18.0. The van der Waals surface area contributed by atoms with E-state index in [9.17, 15) is 14.0 Å². The summed E-state index contributed by atoms with van der Waals surface area (Å²) in [7, 11) is 0. The van der Waals surface area contributed by atoms with Gasteiger partial charge in [0.25, 0.3) is 5.91 Å². The zero-order valence-electron chi connectivity index (χ0n) is 18.0. The van der Waals surface area contributed by atoms with E-state index < -0.39 is 17.7 Å². The molecule has 0 atom stereocenters. The van der Waals surface area contributed by atoms with E-state index in [1.807, 2.05) is 6.92 Å². The fourth-order valence-corrected chi connectivity index (χ4v) is 3.99. The molecule has 0 radical (unpaired) electrons. The van der Waals surface area contributed by atoms with Gasteiger partial charge in [-0.3, -0.25) is 4.79 Å². The Labute approximate surface area is 193 Å². The van der Waals surface area contributed by atoms with E-state index in [2.05, 4.69) is 25.9 Å². The van der Waals surface area contributed by atoms with Crippen LogP contribution in [-0.4, -0.2) is 21.9 Å². The van der Waals surface area contributed by atoms with Crippen LogP contribution in [0.25, 0.3) is 22.5 Å². The summed E-state index contributed by atoms with van der Waals surface area (Å²) in [5, 5.41) is 7.91. The summed E-state index contributed by atoms with van der Waals surface area (Å²) >= 11 is 0. The van der Waals surface area contributed by atoms with Crippen LogP contribution in [0.5, 0.6) is 0 Å². The number of hydrogen-bond donors (Lipinski definition) is 4. The van der Waals surface area contributed by atoms with Gasteiger partial charge >= 0.3 is 6.03 Å². The first-order valence-electron chi connectivity index (χ1n) is 10.5. The zero-order chi connectivity index (χ0) is 23.8. The molecule has 0 spiro atoms. The summed E-state index contributed by atoms with van der Waals surface area (Å²) in [6.45, 7) is 2.15. The second kappa shape index (κ2) is 8.43. The molecule has 4 aromatic rings. The number of H-pyrrole nitrogens is 1. The monoisotopic (exact) mass is 459 g/mol. The minimum Gasteiger partial charge on any atom is -0.348 e. The van der Waals surface area contributed by atoms with E-state index >= 15 is 4.39 Å². The van der Waals surface area contributed by atoms with Gasteiger partial charge in [0.05, 0.1) is 5.56 Å². The van der Waals surface area contributed by atoms with Crippen molar-refractivity contribution in [1.82, 2.24) is 15.3 Å². The Morgan fingerprint density at radius 2 is 1.62 bits per heavy atom. The maximum absolute atomic E-state index is 15.1. The van der Waals surface area contributed by atoms with Gasteiger partial charge in [-0.1, -0.05) is 6.07 Å². The molecule has 170 valence electrons. The third-order valence-electron chi connectivity index (χ3n) is 5.54. The van der Waals surface area contributed by atoms with Crippen molar-refractivity contribution in [3.63, 3.8) is 0 Å². The van der Waals surface area contributed by atoms with Gasteiger partial charge in [0, 0.05) is 40.9 Å². The molecule has 0 saturated carbocycles. The predicted octanol–water partition coefficient (Wildman–Crippen LogP) is 5.22. The maximum atomic E-state index is 15.1. The molecule has 2 heterocycles. The Balaban J connectivity index is 1.42. The van der Waals surface area contributed by atoms with Gasteiger partial charge in [-0.2, -0.15) is 0 Å². The number of urea groups is 1. The van der Waals surface area contributed by atoms with Crippen LogP contribution < -0.4 is 16.0 Å². The molecule has 9 heteroatoms. The number of rotatable bonds is 4. The van der Waals surface area contributed by atoms with Crippen LogP contribution in [0.4, 0.5) is 25.0 Å². The third-order valence-corrected chi connectivity index (χ3v) is 5.54. The van der Waals surface area contributed by atoms with E-state index in [1.54, 1.807) is 30.5 Å². The topological polar surface area (TPSA) is 98.9 Å². The van der Waals surface area contributed by atoms with Crippen molar-refractivity contribution in [3.05, 3.63) is 89.2 Å². The number of aromatic amines is 1. The molecule has 5 rings (SSSR count). The number of anilines is 2. The molecule has 0 unspecified atom stereocenters. The lowest BCUT2D eigenvalue weighted by atomic mass is 9.92. The second-order valence-electron chi connectivity index (χ2n) is 7.89. The molecular formula is C25H19F2N5O2. The van der Waals surface area contributed by atoms with Crippen molar-refractivity contribution in [2.24, 2.45) is 0 Å². The molecule has 0 fully saturated rings. The van der Waals surface area contributed by atoms with Gasteiger partial charge in [0.2, 0.25) is 0 Å². The highest BCUT2D eigenvalue weighted by Crippen LogP contribution is 2.36. The molecule has 1 aliphatic heterocycles. The molecule has 7 nitrogen and oxygen atoms in total. The summed E-state index contributed by atoms with van der Waals surface area (Å²) in [4.78, 5) is 32.2. The first-order chi connectivity index (χ1) is 16.4. The molecule has 4 N–H and O–H groups in total. The number of benzene rings is 3. The van der Waals surface area contributed by atoms with Gasteiger partial charge in [0.15, 0.2) is 0 Å². The summed E-state index contributed by atoms with van der Waals surface area (Å²) in [6, 6.07) is 12.5. The summed E-state index contributed by atoms with van der Waals surface area (Å²) in [5.41, 5.74) is 4.20. The molecule has 34 heavy (non-hydrogen) atoms. The number of amides is 3. The van der Waals surface area contributed by atoms with Gasteiger partial charge in [-0.25, -0.2) is 18.6 Å². The maximum Gasteiger partial charge on any atom is 0.323 e. The summed E-state index contributed by atoms with van der Waals surface area (Å²) < 4.78 is 28.1. The van der Waals surface area contributed by atoms with Gasteiger partial charge in [-0.05, 0) is 66.6 Å². The highest BCUT2D eigenvalue weighted by Gasteiger charge is 2.28. The van der Waals surface area contributed by atoms with Crippen molar-refractivity contribution in [3.8, 4) is 22.5 Å². The van der Waals surface area contributed by atoms with Crippen molar-refractivity contribution in [2.45, 2.75) is 13.5 Å². The summed E-state index contributed by atoms with van der Waals surface area (Å²) in [6.07, 6.45) is 1.68. The number of hydrogen-bond acceptors (Lipinski definition) is 3. The van der Waals surface area contributed by atoms with Gasteiger partial charge in [-0.15, -0.1) is 0 Å². The number of carbonyl (C=O) groups excluding carboxylic acids is 2. The average Bonchev–Trinajstić information content (AvgIpc) is 3.41. The fraction of sp³-hybridized carbons (Fsp3) is 0.0800. The Bertz CT molecular complexity index is 1430. The number of carbonyl (C=O) groups is 2. The number of imidazole rings is 1. The largest absolute Gasteiger partial charge is 0.348 e. The number of nitrogens with zero attached hydrogens (tertiary/aromatic N) is 1. The highest BCUT2D eigenvalue weighted by atomic mass is 19.1. The third kappa shape index (κ3) is 3.99. The van der Waals surface area contributed by atoms with Crippen molar-refractivity contribution >= 4 is 23.3 Å². The second-order valence-corrected chi connectivity index (χ2v) is 7.89. The van der Waals surface area contributed by atoms with Crippen LogP contribution in [0.2, 0.25) is 0 Å². The Hall–Kier alpha value is -4.53. The Morgan fingerprint density at radius 3 is 2.32 bits per heavy atom. The van der Waals surface area contributed by atoms with Crippen molar-refractivity contribution < 1.29 is 18.4 Å². The number of nitrogens with one attached hydrogen (secondary N) is 4. The van der Waals surface area contributed by atoms with Crippen LogP contribution in [0.1, 0.15) is 21.6 Å². The quantitative estimate of drug-likeness (QED) is 0.337. The van der Waals surface area contributed by atoms with E-state index in [1.165, 1.54) is 30.3 Å². The van der Waals surface area contributed by atoms with E-state index in [0.717, 1.165) is 5.69 Å². The lowest BCUT2D eigenvalue weighted by Gasteiger charge is -2.13. The highest BCUT2D eigenvalue weighted by molar-refractivity contribution is 6.06.